The van der Waals surface area contributed by atoms with Crippen LogP contribution in [0.4, 0.5) is 0 Å². The molecule has 3 heterocycles. The Morgan fingerprint density at radius 1 is 1.11 bits per heavy atom. The van der Waals surface area contributed by atoms with Gasteiger partial charge in [0.25, 0.3) is 0 Å². The summed E-state index contributed by atoms with van der Waals surface area (Å²) in [7, 11) is -3.46. The third-order valence-corrected chi connectivity index (χ3v) is 6.59. The van der Waals surface area contributed by atoms with Crippen LogP contribution >= 0.6 is 0 Å². The molecule has 1 aromatic carbocycles. The van der Waals surface area contributed by atoms with E-state index < -0.39 is 10.0 Å². The number of aromatic amines is 1. The minimum atomic E-state index is -3.46. The number of nitrogens with zero attached hydrogens (tertiary/aromatic N) is 4. The molecular formula is C19H21N5O2S. The van der Waals surface area contributed by atoms with Crippen LogP contribution in [0.15, 0.2) is 54.9 Å². The van der Waals surface area contributed by atoms with Crippen molar-refractivity contribution in [2.45, 2.75) is 31.1 Å². The highest BCUT2D eigenvalue weighted by molar-refractivity contribution is 7.88. The van der Waals surface area contributed by atoms with Crippen molar-refractivity contribution in [2.24, 2.45) is 0 Å². The maximum atomic E-state index is 13.1. The minimum Gasteiger partial charge on any atom is -0.264 e. The van der Waals surface area contributed by atoms with Crippen molar-refractivity contribution in [3.63, 3.8) is 0 Å². The summed E-state index contributed by atoms with van der Waals surface area (Å²) in [6.07, 6.45) is 5.93. The van der Waals surface area contributed by atoms with Crippen LogP contribution < -0.4 is 0 Å². The number of hydrogen-bond donors (Lipinski definition) is 1. The molecule has 0 bridgehead atoms. The van der Waals surface area contributed by atoms with Crippen molar-refractivity contribution in [1.82, 2.24) is 24.5 Å². The zero-order valence-electron chi connectivity index (χ0n) is 14.8. The minimum absolute atomic E-state index is 0.00601. The second-order valence-electron chi connectivity index (χ2n) is 6.65. The third kappa shape index (κ3) is 3.91. The summed E-state index contributed by atoms with van der Waals surface area (Å²) in [4.78, 5) is 8.65. The van der Waals surface area contributed by atoms with Crippen molar-refractivity contribution < 1.29 is 8.42 Å². The summed E-state index contributed by atoms with van der Waals surface area (Å²) in [5.74, 6) is 1.11. The lowest BCUT2D eigenvalue weighted by atomic mass is 10.0. The molecule has 1 N–H and O–H groups in total. The molecule has 1 unspecified atom stereocenters. The van der Waals surface area contributed by atoms with Gasteiger partial charge in [0.1, 0.15) is 5.82 Å². The number of hydrogen-bond acceptors (Lipinski definition) is 5. The molecule has 140 valence electrons. The Kier molecular flexibility index (Phi) is 5.00. The quantitative estimate of drug-likeness (QED) is 0.731. The first kappa shape index (κ1) is 17.8. The van der Waals surface area contributed by atoms with Gasteiger partial charge in [-0.25, -0.2) is 13.4 Å². The molecule has 0 spiro atoms. The molecule has 1 aliphatic rings. The second kappa shape index (κ2) is 7.58. The summed E-state index contributed by atoms with van der Waals surface area (Å²) in [5.41, 5.74) is 1.59. The molecule has 0 radical (unpaired) electrons. The van der Waals surface area contributed by atoms with Gasteiger partial charge < -0.3 is 0 Å². The van der Waals surface area contributed by atoms with Gasteiger partial charge in [-0.1, -0.05) is 36.8 Å². The predicted octanol–water partition coefficient (Wildman–Crippen LogP) is 2.92. The summed E-state index contributed by atoms with van der Waals surface area (Å²) in [5, 5.41) is 7.21. The van der Waals surface area contributed by atoms with Crippen LogP contribution in [0.5, 0.6) is 0 Å². The van der Waals surface area contributed by atoms with Crippen molar-refractivity contribution in [3.05, 3.63) is 66.2 Å². The van der Waals surface area contributed by atoms with Gasteiger partial charge in [0, 0.05) is 24.5 Å². The molecule has 4 rings (SSSR count). The third-order valence-electron chi connectivity index (χ3n) is 4.74. The molecule has 0 amide bonds. The van der Waals surface area contributed by atoms with Crippen molar-refractivity contribution >= 4 is 10.0 Å². The van der Waals surface area contributed by atoms with E-state index in [2.05, 4.69) is 20.2 Å². The van der Waals surface area contributed by atoms with E-state index in [-0.39, 0.29) is 11.8 Å². The monoisotopic (exact) mass is 383 g/mol. The lowest BCUT2D eigenvalue weighted by Gasteiger charge is -2.33. The van der Waals surface area contributed by atoms with Crippen LogP contribution in [0.3, 0.4) is 0 Å². The number of rotatable bonds is 5. The highest BCUT2D eigenvalue weighted by Crippen LogP contribution is 2.33. The standard InChI is InChI=1S/C19H21N5O2S/c25-27(26,14-15-7-2-1-3-8-15)24-12-5-4-10-17(24)19-21-18(22-23-19)16-9-6-11-20-13-16/h1-3,6-9,11,13,17H,4-5,10,12,14H2,(H,21,22,23). The second-order valence-corrected chi connectivity index (χ2v) is 8.57. The normalized spacial score (nSPS) is 18.4. The maximum Gasteiger partial charge on any atom is 0.218 e. The molecule has 1 atom stereocenters. The van der Waals surface area contributed by atoms with E-state index in [1.54, 1.807) is 16.7 Å². The van der Waals surface area contributed by atoms with Crippen LogP contribution in [-0.4, -0.2) is 39.4 Å². The Balaban J connectivity index is 1.60. The fraction of sp³-hybridized carbons (Fsp3) is 0.316. The van der Waals surface area contributed by atoms with E-state index in [1.807, 2.05) is 42.5 Å². The number of pyridine rings is 1. The summed E-state index contributed by atoms with van der Waals surface area (Å²) in [6, 6.07) is 12.7. The topological polar surface area (TPSA) is 91.8 Å². The van der Waals surface area contributed by atoms with E-state index in [0.717, 1.165) is 30.4 Å². The van der Waals surface area contributed by atoms with E-state index >= 15 is 0 Å². The average Bonchev–Trinajstić information content (AvgIpc) is 3.19. The van der Waals surface area contributed by atoms with Crippen molar-refractivity contribution in [1.29, 1.82) is 0 Å². The Morgan fingerprint density at radius 3 is 2.74 bits per heavy atom. The number of H-pyrrole nitrogens is 1. The summed E-state index contributed by atoms with van der Waals surface area (Å²) >= 11 is 0. The maximum absolute atomic E-state index is 13.1. The fourth-order valence-corrected chi connectivity index (χ4v) is 5.21. The van der Waals surface area contributed by atoms with Crippen molar-refractivity contribution in [3.8, 4) is 11.4 Å². The molecule has 1 aliphatic heterocycles. The summed E-state index contributed by atoms with van der Waals surface area (Å²) < 4.78 is 27.7. The smallest absolute Gasteiger partial charge is 0.218 e. The first-order valence-electron chi connectivity index (χ1n) is 9.00. The molecule has 1 saturated heterocycles. The Morgan fingerprint density at radius 2 is 1.96 bits per heavy atom. The Labute approximate surface area is 158 Å². The Hall–Kier alpha value is -2.58. The zero-order valence-corrected chi connectivity index (χ0v) is 15.6. The molecule has 0 aliphatic carbocycles. The number of benzene rings is 1. The highest BCUT2D eigenvalue weighted by Gasteiger charge is 2.35. The van der Waals surface area contributed by atoms with Crippen molar-refractivity contribution in [2.75, 3.05) is 6.54 Å². The molecule has 1 fully saturated rings. The van der Waals surface area contributed by atoms with Crippen LogP contribution in [0.1, 0.15) is 36.7 Å². The summed E-state index contributed by atoms with van der Waals surface area (Å²) in [6.45, 7) is 0.503. The van der Waals surface area contributed by atoms with Crippen LogP contribution in [0, 0.1) is 0 Å². The number of aromatic nitrogens is 4. The van der Waals surface area contributed by atoms with Gasteiger partial charge in [0.05, 0.1) is 11.8 Å². The van der Waals surface area contributed by atoms with Gasteiger partial charge in [-0.15, -0.1) is 0 Å². The van der Waals surface area contributed by atoms with E-state index in [1.165, 1.54) is 0 Å². The first-order valence-corrected chi connectivity index (χ1v) is 10.6. The highest BCUT2D eigenvalue weighted by atomic mass is 32.2. The van der Waals surface area contributed by atoms with Crippen LogP contribution in [0.25, 0.3) is 11.4 Å². The predicted molar refractivity (Wildman–Crippen MR) is 102 cm³/mol. The molecule has 8 heteroatoms. The number of nitrogens with one attached hydrogen (secondary N) is 1. The van der Waals surface area contributed by atoms with E-state index in [4.69, 9.17) is 0 Å². The molecule has 0 saturated carbocycles. The number of piperidine rings is 1. The lowest BCUT2D eigenvalue weighted by molar-refractivity contribution is 0.246. The van der Waals surface area contributed by atoms with E-state index in [9.17, 15) is 8.42 Å². The fourth-order valence-electron chi connectivity index (χ4n) is 3.43. The first-order chi connectivity index (χ1) is 13.1. The van der Waals surface area contributed by atoms with Gasteiger partial charge in [0.2, 0.25) is 10.0 Å². The van der Waals surface area contributed by atoms with Gasteiger partial charge in [0.15, 0.2) is 5.82 Å². The SMILES string of the molecule is O=S(=O)(Cc1ccccc1)N1CCCCC1c1nc(-c2cccnc2)n[nH]1. The van der Waals surface area contributed by atoms with Gasteiger partial charge in [-0.05, 0) is 30.5 Å². The zero-order chi connectivity index (χ0) is 18.7. The average molecular weight is 383 g/mol. The molecule has 3 aromatic rings. The largest absolute Gasteiger partial charge is 0.264 e. The Bertz CT molecular complexity index is 989. The molecular weight excluding hydrogens is 362 g/mol. The van der Waals surface area contributed by atoms with Gasteiger partial charge in [-0.2, -0.15) is 9.40 Å². The van der Waals surface area contributed by atoms with Crippen LogP contribution in [-0.2, 0) is 15.8 Å². The number of sulfonamides is 1. The van der Waals surface area contributed by atoms with Gasteiger partial charge >= 0.3 is 0 Å². The van der Waals surface area contributed by atoms with E-state index in [0.29, 0.717) is 18.2 Å². The molecule has 7 nitrogen and oxygen atoms in total. The lowest BCUT2D eigenvalue weighted by Crippen LogP contribution is -2.39. The van der Waals surface area contributed by atoms with Gasteiger partial charge in [-0.3, -0.25) is 10.1 Å². The van der Waals surface area contributed by atoms with Crippen LogP contribution in [0.2, 0.25) is 0 Å². The molecule has 2 aromatic heterocycles. The molecule has 27 heavy (non-hydrogen) atoms.